The number of hydrogen-bond donors (Lipinski definition) is 1. The molecule has 7 heteroatoms. The van der Waals surface area contributed by atoms with E-state index in [1.54, 1.807) is 0 Å². The Hall–Kier alpha value is -1.69. The van der Waals surface area contributed by atoms with Gasteiger partial charge in [0.05, 0.1) is 16.4 Å². The van der Waals surface area contributed by atoms with Gasteiger partial charge in [0, 0.05) is 6.04 Å². The number of amides is 1. The number of benzene rings is 1. The summed E-state index contributed by atoms with van der Waals surface area (Å²) >= 11 is 6.24. The molecule has 2 rings (SSSR count). The molecule has 5 nitrogen and oxygen atoms in total. The van der Waals surface area contributed by atoms with Crippen molar-refractivity contribution < 1.29 is 14.1 Å². The lowest BCUT2D eigenvalue weighted by atomic mass is 10.1. The summed E-state index contributed by atoms with van der Waals surface area (Å²) in [6.07, 6.45) is 4.58. The van der Waals surface area contributed by atoms with Crippen molar-refractivity contribution in [2.45, 2.75) is 43.5 Å². The van der Waals surface area contributed by atoms with Crippen LogP contribution in [0.15, 0.2) is 18.2 Å². The smallest absolute Gasteiger partial charge is 0.285 e. The number of nitro benzene ring substituents is 1. The number of carbonyl (C=O) groups is 1. The Bertz CT molecular complexity index is 553. The van der Waals surface area contributed by atoms with E-state index in [2.05, 4.69) is 5.32 Å². The van der Waals surface area contributed by atoms with Crippen LogP contribution in [0.1, 0.15) is 42.5 Å². The predicted octanol–water partition coefficient (Wildman–Crippen LogP) is 3.40. The van der Waals surface area contributed by atoms with E-state index < -0.39 is 22.3 Å². The molecular weight excluding hydrogens is 299 g/mol. The zero-order valence-electron chi connectivity index (χ0n) is 11.4. The number of alkyl halides is 1. The molecule has 1 aromatic carbocycles. The quantitative estimate of drug-likeness (QED) is 0.402. The summed E-state index contributed by atoms with van der Waals surface area (Å²) in [6, 6.07) is 2.70. The van der Waals surface area contributed by atoms with Gasteiger partial charge < -0.3 is 5.32 Å². The van der Waals surface area contributed by atoms with Gasteiger partial charge in [0.15, 0.2) is 0 Å². The maximum atomic E-state index is 13.1. The molecular formula is C14H16ClFN2O3. The number of hydrogen-bond acceptors (Lipinski definition) is 3. The van der Waals surface area contributed by atoms with E-state index in [0.29, 0.717) is 0 Å². The zero-order valence-corrected chi connectivity index (χ0v) is 12.1. The summed E-state index contributed by atoms with van der Waals surface area (Å²) < 4.78 is 13.1. The van der Waals surface area contributed by atoms with E-state index in [-0.39, 0.29) is 17.0 Å². The lowest BCUT2D eigenvalue weighted by molar-refractivity contribution is -0.385. The minimum atomic E-state index is -0.761. The number of rotatable bonds is 3. The van der Waals surface area contributed by atoms with Crippen LogP contribution in [0.4, 0.5) is 10.1 Å². The van der Waals surface area contributed by atoms with Gasteiger partial charge >= 0.3 is 0 Å². The standard InChI is InChI=1S/C14H16ClFN2O3/c15-11-4-2-1-3-5-12(11)17-14(19)10-7-6-9(16)8-13(10)18(20)21/h6-8,11-12H,1-5H2,(H,17,19). The summed E-state index contributed by atoms with van der Waals surface area (Å²) in [5, 5.41) is 13.5. The third-order valence-corrected chi connectivity index (χ3v) is 4.17. The molecule has 1 fully saturated rings. The van der Waals surface area contributed by atoms with Crippen LogP contribution in [-0.4, -0.2) is 22.2 Å². The van der Waals surface area contributed by atoms with Crippen LogP contribution < -0.4 is 5.32 Å². The Morgan fingerprint density at radius 3 is 2.76 bits per heavy atom. The average molecular weight is 315 g/mol. The first-order valence-corrected chi connectivity index (χ1v) is 7.31. The van der Waals surface area contributed by atoms with E-state index in [0.717, 1.165) is 50.3 Å². The van der Waals surface area contributed by atoms with Crippen LogP contribution in [0.5, 0.6) is 0 Å². The molecule has 1 aliphatic carbocycles. The van der Waals surface area contributed by atoms with Crippen LogP contribution >= 0.6 is 11.6 Å². The fourth-order valence-corrected chi connectivity index (χ4v) is 2.86. The molecule has 114 valence electrons. The highest BCUT2D eigenvalue weighted by Gasteiger charge is 2.27. The van der Waals surface area contributed by atoms with Gasteiger partial charge in [-0.3, -0.25) is 14.9 Å². The third kappa shape index (κ3) is 3.91. The van der Waals surface area contributed by atoms with Gasteiger partial charge in [-0.2, -0.15) is 0 Å². The molecule has 1 amide bonds. The summed E-state index contributed by atoms with van der Waals surface area (Å²) in [4.78, 5) is 22.4. The van der Waals surface area contributed by atoms with Crippen LogP contribution in [0.25, 0.3) is 0 Å². The summed E-state index contributed by atoms with van der Waals surface area (Å²) in [6.45, 7) is 0. The van der Waals surface area contributed by atoms with E-state index >= 15 is 0 Å². The summed E-state index contributed by atoms with van der Waals surface area (Å²) in [5.74, 6) is -1.33. The highest BCUT2D eigenvalue weighted by molar-refractivity contribution is 6.21. The molecule has 0 aliphatic heterocycles. The van der Waals surface area contributed by atoms with Crippen LogP contribution in [0, 0.1) is 15.9 Å². The molecule has 0 heterocycles. The van der Waals surface area contributed by atoms with Gasteiger partial charge in [-0.1, -0.05) is 19.3 Å². The van der Waals surface area contributed by atoms with E-state index in [9.17, 15) is 19.3 Å². The normalized spacial score (nSPS) is 22.4. The van der Waals surface area contributed by atoms with E-state index in [1.165, 1.54) is 0 Å². The van der Waals surface area contributed by atoms with Crippen molar-refractivity contribution in [2.24, 2.45) is 0 Å². The van der Waals surface area contributed by atoms with Crippen molar-refractivity contribution in [1.82, 2.24) is 5.32 Å². The van der Waals surface area contributed by atoms with E-state index in [1.807, 2.05) is 0 Å². The molecule has 1 aliphatic rings. The maximum absolute atomic E-state index is 13.1. The Kier molecular flexibility index (Phi) is 5.12. The minimum absolute atomic E-state index is 0.144. The van der Waals surface area contributed by atoms with Gasteiger partial charge in [0.2, 0.25) is 0 Å². The largest absolute Gasteiger partial charge is 0.348 e. The molecule has 0 bridgehead atoms. The number of halogens is 2. The van der Waals surface area contributed by atoms with Crippen LogP contribution in [0.2, 0.25) is 0 Å². The average Bonchev–Trinajstić information content (AvgIpc) is 2.64. The van der Waals surface area contributed by atoms with Gasteiger partial charge in [0.25, 0.3) is 11.6 Å². The number of nitrogens with one attached hydrogen (secondary N) is 1. The molecule has 2 atom stereocenters. The second-order valence-corrected chi connectivity index (χ2v) is 5.71. The predicted molar refractivity (Wildman–Crippen MR) is 77.0 cm³/mol. The van der Waals surface area contributed by atoms with E-state index in [4.69, 9.17) is 11.6 Å². The highest BCUT2D eigenvalue weighted by Crippen LogP contribution is 2.24. The highest BCUT2D eigenvalue weighted by atomic mass is 35.5. The Morgan fingerprint density at radius 2 is 2.05 bits per heavy atom. The molecule has 1 aromatic rings. The zero-order chi connectivity index (χ0) is 15.4. The Balaban J connectivity index is 2.18. The van der Waals surface area contributed by atoms with Crippen LogP contribution in [0.3, 0.4) is 0 Å². The number of nitrogens with zero attached hydrogens (tertiary/aromatic N) is 1. The number of nitro groups is 1. The van der Waals surface area contributed by atoms with Crippen molar-refractivity contribution in [1.29, 1.82) is 0 Å². The molecule has 1 saturated carbocycles. The van der Waals surface area contributed by atoms with Gasteiger partial charge in [-0.25, -0.2) is 4.39 Å². The lowest BCUT2D eigenvalue weighted by Crippen LogP contribution is -2.40. The summed E-state index contributed by atoms with van der Waals surface area (Å²) in [5.41, 5.74) is -0.679. The monoisotopic (exact) mass is 314 g/mol. The van der Waals surface area contributed by atoms with Gasteiger partial charge in [-0.05, 0) is 25.0 Å². The number of carbonyl (C=O) groups excluding carboxylic acids is 1. The fourth-order valence-electron chi connectivity index (χ4n) is 2.52. The van der Waals surface area contributed by atoms with Crippen LogP contribution in [-0.2, 0) is 0 Å². The van der Waals surface area contributed by atoms with Crippen molar-refractivity contribution in [2.75, 3.05) is 0 Å². The third-order valence-electron chi connectivity index (χ3n) is 3.65. The SMILES string of the molecule is O=C(NC1CCCCCC1Cl)c1ccc(F)cc1[N+](=O)[O-]. The molecule has 1 N–H and O–H groups in total. The second kappa shape index (κ2) is 6.85. The second-order valence-electron chi connectivity index (χ2n) is 5.15. The van der Waals surface area contributed by atoms with Crippen molar-refractivity contribution in [3.8, 4) is 0 Å². The molecule has 0 saturated heterocycles. The Morgan fingerprint density at radius 1 is 1.33 bits per heavy atom. The van der Waals surface area contributed by atoms with Gasteiger partial charge in [0.1, 0.15) is 11.4 Å². The first kappa shape index (κ1) is 15.7. The van der Waals surface area contributed by atoms with Gasteiger partial charge in [-0.15, -0.1) is 11.6 Å². The molecule has 0 radical (unpaired) electrons. The molecule has 2 unspecified atom stereocenters. The molecule has 21 heavy (non-hydrogen) atoms. The minimum Gasteiger partial charge on any atom is -0.348 e. The maximum Gasteiger partial charge on any atom is 0.285 e. The fraction of sp³-hybridized carbons (Fsp3) is 0.500. The molecule has 0 spiro atoms. The molecule has 0 aromatic heterocycles. The van der Waals surface area contributed by atoms with Crippen molar-refractivity contribution >= 4 is 23.2 Å². The first-order valence-electron chi connectivity index (χ1n) is 6.88. The summed E-state index contributed by atoms with van der Waals surface area (Å²) in [7, 11) is 0. The topological polar surface area (TPSA) is 72.2 Å². The van der Waals surface area contributed by atoms with Crippen molar-refractivity contribution in [3.05, 3.63) is 39.7 Å². The van der Waals surface area contributed by atoms with Crippen molar-refractivity contribution in [3.63, 3.8) is 0 Å². The first-order chi connectivity index (χ1) is 9.99. The Labute approximate surface area is 126 Å². The lowest BCUT2D eigenvalue weighted by Gasteiger charge is -2.21.